The molecule has 0 radical (unpaired) electrons. The smallest absolute Gasteiger partial charge is 0.238 e. The average Bonchev–Trinajstić information content (AvgIpc) is 3.35. The highest BCUT2D eigenvalue weighted by Gasteiger charge is 2.37. The van der Waals surface area contributed by atoms with Crippen molar-refractivity contribution in [3.8, 4) is 5.88 Å². The molecule has 9 heteroatoms. The van der Waals surface area contributed by atoms with E-state index in [1.165, 1.54) is 16.9 Å². The predicted octanol–water partition coefficient (Wildman–Crippen LogP) is 2.43. The van der Waals surface area contributed by atoms with Crippen LogP contribution in [0.15, 0.2) is 57.2 Å². The van der Waals surface area contributed by atoms with Crippen LogP contribution in [0.4, 0.5) is 10.2 Å². The molecule has 2 aliphatic heterocycles. The van der Waals surface area contributed by atoms with Gasteiger partial charge in [-0.15, -0.1) is 15.0 Å². The number of hydrogen-bond acceptors (Lipinski definition) is 7. The van der Waals surface area contributed by atoms with Crippen molar-refractivity contribution < 1.29 is 8.81 Å². The molecule has 0 saturated heterocycles. The molecule has 0 amide bonds. The van der Waals surface area contributed by atoms with Gasteiger partial charge in [0.05, 0.1) is 6.26 Å². The van der Waals surface area contributed by atoms with E-state index in [0.717, 1.165) is 5.56 Å². The van der Waals surface area contributed by atoms with Crippen LogP contribution in [-0.4, -0.2) is 37.6 Å². The Kier molecular flexibility index (Phi) is 2.93. The summed E-state index contributed by atoms with van der Waals surface area (Å²) < 4.78 is 18.4. The molecule has 2 aliphatic rings. The third kappa shape index (κ3) is 2.28. The lowest BCUT2D eigenvalue weighted by molar-refractivity contribution is 0.198. The third-order valence-electron chi connectivity index (χ3n) is 4.04. The highest BCUT2D eigenvalue weighted by atomic mass is 19.1. The molecule has 0 aliphatic carbocycles. The maximum atomic E-state index is 13.1. The van der Waals surface area contributed by atoms with Crippen molar-refractivity contribution >= 4 is 18.5 Å². The number of rotatable bonds is 3. The van der Waals surface area contributed by atoms with Gasteiger partial charge in [0, 0.05) is 12.6 Å². The molecule has 124 valence electrons. The first-order valence-corrected chi connectivity index (χ1v) is 7.66. The zero-order valence-electron chi connectivity index (χ0n) is 12.9. The summed E-state index contributed by atoms with van der Waals surface area (Å²) in [5, 5.41) is 14.9. The van der Waals surface area contributed by atoms with E-state index in [1.807, 2.05) is 4.90 Å². The largest absolute Gasteiger partial charge is 0.445 e. The molecule has 5 rings (SSSR count). The van der Waals surface area contributed by atoms with Gasteiger partial charge in [0.1, 0.15) is 18.5 Å². The Morgan fingerprint density at radius 1 is 1.08 bits per heavy atom. The molecule has 1 atom stereocenters. The van der Waals surface area contributed by atoms with Crippen molar-refractivity contribution in [2.24, 2.45) is 10.1 Å². The molecule has 0 N–H and O–H groups in total. The quantitative estimate of drug-likeness (QED) is 0.734. The molecule has 8 nitrogen and oxygen atoms in total. The second kappa shape index (κ2) is 5.26. The Morgan fingerprint density at radius 3 is 2.76 bits per heavy atom. The summed E-state index contributed by atoms with van der Waals surface area (Å²) >= 11 is 0. The van der Waals surface area contributed by atoms with Gasteiger partial charge in [0.25, 0.3) is 0 Å². The SMILES string of the molecule is Fc1ccc(CN2C=NN3C=Nc4nn(-c5ccco5)nc4C23)cc1. The van der Waals surface area contributed by atoms with Crippen molar-refractivity contribution in [1.29, 1.82) is 0 Å². The van der Waals surface area contributed by atoms with Crippen LogP contribution in [0.5, 0.6) is 0 Å². The van der Waals surface area contributed by atoms with Gasteiger partial charge in [0.2, 0.25) is 11.7 Å². The minimum atomic E-state index is -0.256. The fraction of sp³-hybridized carbons (Fsp3) is 0.125. The van der Waals surface area contributed by atoms with Crippen LogP contribution < -0.4 is 0 Å². The number of fused-ring (bicyclic) bond motifs is 3. The normalized spacial score (nSPS) is 17.9. The van der Waals surface area contributed by atoms with Gasteiger partial charge < -0.3 is 9.32 Å². The molecule has 0 fully saturated rings. The van der Waals surface area contributed by atoms with E-state index in [2.05, 4.69) is 20.3 Å². The maximum Gasteiger partial charge on any atom is 0.238 e. The number of benzene rings is 1. The van der Waals surface area contributed by atoms with Crippen LogP contribution in [0.3, 0.4) is 0 Å². The Labute approximate surface area is 141 Å². The van der Waals surface area contributed by atoms with Crippen molar-refractivity contribution in [3.05, 3.63) is 59.7 Å². The maximum absolute atomic E-state index is 13.1. The Bertz CT molecular complexity index is 961. The Morgan fingerprint density at radius 2 is 1.96 bits per heavy atom. The third-order valence-corrected chi connectivity index (χ3v) is 4.04. The number of halogens is 1. The summed E-state index contributed by atoms with van der Waals surface area (Å²) in [7, 11) is 0. The van der Waals surface area contributed by atoms with Gasteiger partial charge in [0.15, 0.2) is 11.9 Å². The van der Waals surface area contributed by atoms with E-state index in [0.29, 0.717) is 23.9 Å². The van der Waals surface area contributed by atoms with E-state index >= 15 is 0 Å². The van der Waals surface area contributed by atoms with Crippen LogP contribution in [-0.2, 0) is 6.54 Å². The first-order valence-electron chi connectivity index (χ1n) is 7.66. The summed E-state index contributed by atoms with van der Waals surface area (Å²) in [5.41, 5.74) is 1.65. The summed E-state index contributed by atoms with van der Waals surface area (Å²) in [5.74, 6) is 0.779. The molecule has 0 saturated carbocycles. The first kappa shape index (κ1) is 13.9. The molecule has 3 aromatic rings. The second-order valence-corrected chi connectivity index (χ2v) is 5.68. The lowest BCUT2D eigenvalue weighted by Gasteiger charge is -2.28. The minimum absolute atomic E-state index is 0.249. The van der Waals surface area contributed by atoms with E-state index in [9.17, 15) is 4.39 Å². The summed E-state index contributed by atoms with van der Waals surface area (Å²) in [6.45, 7) is 0.561. The monoisotopic (exact) mass is 337 g/mol. The van der Waals surface area contributed by atoms with Crippen LogP contribution in [0.1, 0.15) is 17.4 Å². The lowest BCUT2D eigenvalue weighted by atomic mass is 10.2. The van der Waals surface area contributed by atoms with Crippen LogP contribution >= 0.6 is 0 Å². The van der Waals surface area contributed by atoms with Gasteiger partial charge in [-0.1, -0.05) is 12.1 Å². The summed E-state index contributed by atoms with van der Waals surface area (Å²) in [6, 6.07) is 9.94. The van der Waals surface area contributed by atoms with Crippen LogP contribution in [0.2, 0.25) is 0 Å². The number of hydrazone groups is 1. The van der Waals surface area contributed by atoms with E-state index < -0.39 is 0 Å². The van der Waals surface area contributed by atoms with E-state index in [4.69, 9.17) is 4.42 Å². The standard InChI is InChI=1S/C16H12FN7O/c17-12-5-3-11(4-6-12)8-22-10-19-23-9-18-15-14(16(22)23)20-24(21-15)13-2-1-7-25-13/h1-7,9-10,16H,8H2. The molecule has 1 unspecified atom stereocenters. The number of nitrogens with zero attached hydrogens (tertiary/aromatic N) is 7. The Balaban J connectivity index is 1.48. The molecule has 0 spiro atoms. The highest BCUT2D eigenvalue weighted by molar-refractivity contribution is 5.71. The molecule has 2 aromatic heterocycles. The number of aliphatic imine (C=N–C) groups is 1. The van der Waals surface area contributed by atoms with Gasteiger partial charge in [-0.25, -0.2) is 14.4 Å². The van der Waals surface area contributed by atoms with Crippen molar-refractivity contribution in [3.63, 3.8) is 0 Å². The van der Waals surface area contributed by atoms with Gasteiger partial charge in [-0.05, 0) is 23.8 Å². The van der Waals surface area contributed by atoms with Gasteiger partial charge in [-0.3, -0.25) is 0 Å². The fourth-order valence-electron chi connectivity index (χ4n) is 2.87. The topological polar surface area (TPSA) is 75.1 Å². The zero-order chi connectivity index (χ0) is 16.8. The molecule has 0 bridgehead atoms. The molecule has 4 heterocycles. The first-order chi connectivity index (χ1) is 12.3. The highest BCUT2D eigenvalue weighted by Crippen LogP contribution is 2.36. The summed E-state index contributed by atoms with van der Waals surface area (Å²) in [4.78, 5) is 7.71. The van der Waals surface area contributed by atoms with Crippen LogP contribution in [0, 0.1) is 5.82 Å². The average molecular weight is 337 g/mol. The minimum Gasteiger partial charge on any atom is -0.445 e. The number of aromatic nitrogens is 3. The van der Waals surface area contributed by atoms with Crippen LogP contribution in [0.25, 0.3) is 5.88 Å². The zero-order valence-corrected chi connectivity index (χ0v) is 12.9. The summed E-state index contributed by atoms with van der Waals surface area (Å²) in [6.07, 6.45) is 4.66. The molecule has 25 heavy (non-hydrogen) atoms. The van der Waals surface area contributed by atoms with Gasteiger partial charge in [-0.2, -0.15) is 5.10 Å². The molecule has 1 aromatic carbocycles. The van der Waals surface area contributed by atoms with E-state index in [1.54, 1.807) is 48.2 Å². The van der Waals surface area contributed by atoms with Crippen molar-refractivity contribution in [2.75, 3.05) is 0 Å². The second-order valence-electron chi connectivity index (χ2n) is 5.68. The van der Waals surface area contributed by atoms with Crippen molar-refractivity contribution in [1.82, 2.24) is 24.9 Å². The number of hydrogen-bond donors (Lipinski definition) is 0. The molecular weight excluding hydrogens is 325 g/mol. The van der Waals surface area contributed by atoms with E-state index in [-0.39, 0.29) is 12.0 Å². The lowest BCUT2D eigenvalue weighted by Crippen LogP contribution is -2.33. The predicted molar refractivity (Wildman–Crippen MR) is 86.8 cm³/mol. The number of furan rings is 1. The fourth-order valence-corrected chi connectivity index (χ4v) is 2.87. The van der Waals surface area contributed by atoms with Gasteiger partial charge >= 0.3 is 0 Å². The van der Waals surface area contributed by atoms with Crippen molar-refractivity contribution in [2.45, 2.75) is 12.7 Å². The molecular formula is C16H12FN7O. The Hall–Kier alpha value is -3.49.